The van der Waals surface area contributed by atoms with E-state index in [2.05, 4.69) is 14.9 Å². The van der Waals surface area contributed by atoms with Gasteiger partial charge in [-0.2, -0.15) is 5.10 Å². The first-order valence-corrected chi connectivity index (χ1v) is 8.32. The topological polar surface area (TPSA) is 101 Å². The van der Waals surface area contributed by atoms with Gasteiger partial charge in [0, 0.05) is 23.8 Å². The number of nitrogens with two attached hydrogens (primary N) is 1. The normalized spacial score (nSPS) is 15.3. The van der Waals surface area contributed by atoms with Crippen LogP contribution in [0.3, 0.4) is 0 Å². The Kier molecular flexibility index (Phi) is 3.56. The maximum absolute atomic E-state index is 12.5. The van der Waals surface area contributed by atoms with E-state index < -0.39 is 10.0 Å². The summed E-state index contributed by atoms with van der Waals surface area (Å²) in [7, 11) is -3.66. The number of sulfonamides is 1. The van der Waals surface area contributed by atoms with E-state index in [1.54, 1.807) is 6.92 Å². The molecule has 1 heterocycles. The fourth-order valence-electron chi connectivity index (χ4n) is 2.81. The Labute approximate surface area is 123 Å². The Morgan fingerprint density at radius 2 is 1.95 bits per heavy atom. The van der Waals surface area contributed by atoms with Crippen molar-refractivity contribution in [1.29, 1.82) is 0 Å². The van der Waals surface area contributed by atoms with E-state index in [4.69, 9.17) is 5.73 Å². The van der Waals surface area contributed by atoms with Crippen LogP contribution < -0.4 is 10.5 Å². The van der Waals surface area contributed by atoms with Gasteiger partial charge in [-0.15, -0.1) is 0 Å². The molecule has 3 rings (SSSR count). The van der Waals surface area contributed by atoms with E-state index in [0.29, 0.717) is 24.1 Å². The number of nitrogens with one attached hydrogen (secondary N) is 2. The minimum atomic E-state index is -3.66. The van der Waals surface area contributed by atoms with Crippen molar-refractivity contribution in [2.45, 2.75) is 37.4 Å². The summed E-state index contributed by atoms with van der Waals surface area (Å²) in [5.74, 6) is 0. The molecule has 0 unspecified atom stereocenters. The van der Waals surface area contributed by atoms with Gasteiger partial charge in [-0.1, -0.05) is 24.3 Å². The molecule has 112 valence electrons. The molecule has 1 aromatic heterocycles. The van der Waals surface area contributed by atoms with E-state index in [-0.39, 0.29) is 17.6 Å². The summed E-state index contributed by atoms with van der Waals surface area (Å²) in [6, 6.07) is 7.88. The van der Waals surface area contributed by atoms with Crippen LogP contribution in [0.2, 0.25) is 0 Å². The largest absolute Gasteiger partial charge is 0.326 e. The van der Waals surface area contributed by atoms with E-state index in [0.717, 1.165) is 0 Å². The number of hydrogen-bond donors (Lipinski definition) is 3. The maximum Gasteiger partial charge on any atom is 0.260 e. The lowest BCUT2D eigenvalue weighted by Gasteiger charge is -2.12. The van der Waals surface area contributed by atoms with Crippen LogP contribution in [0.4, 0.5) is 0 Å². The minimum Gasteiger partial charge on any atom is -0.326 e. The number of hydrogen-bond acceptors (Lipinski definition) is 4. The lowest BCUT2D eigenvalue weighted by Crippen LogP contribution is -2.36. The molecule has 0 radical (unpaired) electrons. The highest BCUT2D eigenvalue weighted by Crippen LogP contribution is 2.23. The maximum atomic E-state index is 12.5. The van der Waals surface area contributed by atoms with Gasteiger partial charge in [0.25, 0.3) is 10.0 Å². The third kappa shape index (κ3) is 2.59. The molecule has 0 saturated heterocycles. The summed E-state index contributed by atoms with van der Waals surface area (Å²) in [6.45, 7) is 1.91. The third-order valence-electron chi connectivity index (χ3n) is 3.87. The quantitative estimate of drug-likeness (QED) is 0.771. The monoisotopic (exact) mass is 306 g/mol. The van der Waals surface area contributed by atoms with Gasteiger partial charge in [-0.05, 0) is 30.9 Å². The van der Waals surface area contributed by atoms with Crippen molar-refractivity contribution in [1.82, 2.24) is 14.9 Å². The number of H-pyrrole nitrogens is 1. The number of nitrogens with zero attached hydrogens (tertiary/aromatic N) is 1. The SMILES string of the molecule is Cc1[nH]nc(S(=O)(=O)NC2Cc3ccccc3C2)c1CN. The molecular weight excluding hydrogens is 288 g/mol. The standard InChI is InChI=1S/C14H18N4O2S/c1-9-13(8-15)14(17-16-9)21(19,20)18-12-6-10-4-2-3-5-11(10)7-12/h2-5,12,18H,6-8,15H2,1H3,(H,16,17). The lowest BCUT2D eigenvalue weighted by molar-refractivity contribution is 0.550. The van der Waals surface area contributed by atoms with Gasteiger partial charge in [0.1, 0.15) is 0 Å². The van der Waals surface area contributed by atoms with Gasteiger partial charge in [-0.25, -0.2) is 13.1 Å². The molecule has 1 aliphatic rings. The molecule has 1 aliphatic carbocycles. The van der Waals surface area contributed by atoms with Gasteiger partial charge < -0.3 is 5.73 Å². The van der Waals surface area contributed by atoms with Gasteiger partial charge >= 0.3 is 0 Å². The van der Waals surface area contributed by atoms with Crippen LogP contribution in [0.25, 0.3) is 0 Å². The molecular formula is C14H18N4O2S. The molecule has 0 amide bonds. The molecule has 0 saturated carbocycles. The van der Waals surface area contributed by atoms with Crippen LogP contribution in [-0.4, -0.2) is 24.7 Å². The van der Waals surface area contributed by atoms with Crippen LogP contribution in [0.1, 0.15) is 22.4 Å². The molecule has 1 aromatic carbocycles. The summed E-state index contributed by atoms with van der Waals surface area (Å²) < 4.78 is 27.7. The van der Waals surface area contributed by atoms with Crippen LogP contribution >= 0.6 is 0 Å². The predicted octanol–water partition coefficient (Wildman–Crippen LogP) is 0.623. The molecule has 0 atom stereocenters. The van der Waals surface area contributed by atoms with Crippen LogP contribution in [0, 0.1) is 6.92 Å². The second-order valence-corrected chi connectivity index (χ2v) is 6.96. The van der Waals surface area contributed by atoms with Crippen molar-refractivity contribution in [3.8, 4) is 0 Å². The molecule has 0 spiro atoms. The number of aromatic nitrogens is 2. The van der Waals surface area contributed by atoms with Crippen molar-refractivity contribution in [3.05, 3.63) is 46.6 Å². The molecule has 4 N–H and O–H groups in total. The van der Waals surface area contributed by atoms with Crippen LogP contribution in [-0.2, 0) is 29.4 Å². The Hall–Kier alpha value is -1.70. The number of rotatable bonds is 4. The highest BCUT2D eigenvalue weighted by molar-refractivity contribution is 7.89. The van der Waals surface area contributed by atoms with Crippen molar-refractivity contribution in [2.24, 2.45) is 5.73 Å². The molecule has 21 heavy (non-hydrogen) atoms. The molecule has 6 nitrogen and oxygen atoms in total. The highest BCUT2D eigenvalue weighted by atomic mass is 32.2. The summed E-state index contributed by atoms with van der Waals surface area (Å²) in [5, 5.41) is 6.59. The fraction of sp³-hybridized carbons (Fsp3) is 0.357. The van der Waals surface area contributed by atoms with Crippen molar-refractivity contribution in [3.63, 3.8) is 0 Å². The summed E-state index contributed by atoms with van der Waals surface area (Å²) >= 11 is 0. The average Bonchev–Trinajstić information content (AvgIpc) is 3.00. The molecule has 0 bridgehead atoms. The van der Waals surface area contributed by atoms with E-state index in [9.17, 15) is 8.42 Å². The van der Waals surface area contributed by atoms with Crippen LogP contribution in [0.5, 0.6) is 0 Å². The second-order valence-electron chi connectivity index (χ2n) is 5.33. The number of aromatic amines is 1. The minimum absolute atomic E-state index is 0.0125. The third-order valence-corrected chi connectivity index (χ3v) is 5.36. The van der Waals surface area contributed by atoms with E-state index in [1.807, 2.05) is 24.3 Å². The predicted molar refractivity (Wildman–Crippen MR) is 79.2 cm³/mol. The van der Waals surface area contributed by atoms with Crippen LogP contribution in [0.15, 0.2) is 29.3 Å². The summed E-state index contributed by atoms with van der Waals surface area (Å²) in [5.41, 5.74) is 9.24. The first-order valence-electron chi connectivity index (χ1n) is 6.84. The first-order chi connectivity index (χ1) is 10.0. The van der Waals surface area contributed by atoms with Crippen molar-refractivity contribution >= 4 is 10.0 Å². The smallest absolute Gasteiger partial charge is 0.260 e. The number of benzene rings is 1. The summed E-state index contributed by atoms with van der Waals surface area (Å²) in [4.78, 5) is 0. The first kappa shape index (κ1) is 14.2. The fourth-order valence-corrected chi connectivity index (χ4v) is 4.25. The number of aryl methyl sites for hydroxylation is 1. The van der Waals surface area contributed by atoms with Crippen molar-refractivity contribution < 1.29 is 8.42 Å². The van der Waals surface area contributed by atoms with Gasteiger partial charge in [0.15, 0.2) is 5.03 Å². The Balaban J connectivity index is 1.82. The zero-order valence-electron chi connectivity index (χ0n) is 11.8. The Morgan fingerprint density at radius 3 is 2.52 bits per heavy atom. The van der Waals surface area contributed by atoms with Gasteiger partial charge in [0.2, 0.25) is 0 Å². The van der Waals surface area contributed by atoms with Gasteiger partial charge in [0.05, 0.1) is 0 Å². The van der Waals surface area contributed by atoms with Crippen molar-refractivity contribution in [2.75, 3.05) is 0 Å². The molecule has 0 aliphatic heterocycles. The van der Waals surface area contributed by atoms with E-state index >= 15 is 0 Å². The van der Waals surface area contributed by atoms with Gasteiger partial charge in [-0.3, -0.25) is 5.10 Å². The summed E-state index contributed by atoms with van der Waals surface area (Å²) in [6.07, 6.45) is 1.41. The second kappa shape index (κ2) is 5.25. The highest BCUT2D eigenvalue weighted by Gasteiger charge is 2.29. The Bertz CT molecular complexity index is 742. The van der Waals surface area contributed by atoms with E-state index in [1.165, 1.54) is 11.1 Å². The Morgan fingerprint density at radius 1 is 1.33 bits per heavy atom. The lowest BCUT2D eigenvalue weighted by atomic mass is 10.1. The molecule has 0 fully saturated rings. The zero-order chi connectivity index (χ0) is 15.0. The molecule has 2 aromatic rings. The average molecular weight is 306 g/mol. The number of fused-ring (bicyclic) bond motifs is 1. The zero-order valence-corrected chi connectivity index (χ0v) is 12.6. The molecule has 7 heteroatoms.